The zero-order valence-corrected chi connectivity index (χ0v) is 6.94. The van der Waals surface area contributed by atoms with Crippen molar-refractivity contribution >= 4 is 5.97 Å². The van der Waals surface area contributed by atoms with E-state index < -0.39 is 5.97 Å². The molecule has 0 aromatic rings. The van der Waals surface area contributed by atoms with Crippen molar-refractivity contribution < 1.29 is 9.53 Å². The highest BCUT2D eigenvalue weighted by atomic mass is 16.6. The Morgan fingerprint density at radius 1 is 1.60 bits per heavy atom. The number of carbonyl (C=O) groups excluding carboxylic acids is 1. The Hall–Kier alpha value is -0.530. The van der Waals surface area contributed by atoms with Crippen molar-refractivity contribution in [1.29, 1.82) is 0 Å². The first-order valence-corrected chi connectivity index (χ1v) is 3.53. The molecule has 0 aromatic carbocycles. The maximum atomic E-state index is 10.4. The van der Waals surface area contributed by atoms with Gasteiger partial charge in [0.1, 0.15) is 5.60 Å². The van der Waals surface area contributed by atoms with E-state index >= 15 is 0 Å². The first kappa shape index (κ1) is 9.47. The van der Waals surface area contributed by atoms with Crippen molar-refractivity contribution in [1.82, 2.24) is 0 Å². The van der Waals surface area contributed by atoms with E-state index in [9.17, 15) is 4.79 Å². The SMILES string of the molecule is [CH2]C(=O)OC(C)(C)CCC. The maximum Gasteiger partial charge on any atom is 0.306 e. The summed E-state index contributed by atoms with van der Waals surface area (Å²) in [5, 5.41) is 0. The van der Waals surface area contributed by atoms with Crippen molar-refractivity contribution in [2.24, 2.45) is 0 Å². The van der Waals surface area contributed by atoms with Gasteiger partial charge in [-0.3, -0.25) is 4.79 Å². The minimum absolute atomic E-state index is 0.340. The fourth-order valence-corrected chi connectivity index (χ4v) is 0.961. The highest BCUT2D eigenvalue weighted by Crippen LogP contribution is 2.15. The summed E-state index contributed by atoms with van der Waals surface area (Å²) >= 11 is 0. The number of esters is 1. The van der Waals surface area contributed by atoms with Crippen LogP contribution < -0.4 is 0 Å². The van der Waals surface area contributed by atoms with Crippen LogP contribution in [-0.2, 0) is 9.53 Å². The zero-order valence-electron chi connectivity index (χ0n) is 6.94. The first-order valence-electron chi connectivity index (χ1n) is 3.53. The van der Waals surface area contributed by atoms with E-state index in [2.05, 4.69) is 13.8 Å². The third kappa shape index (κ3) is 4.36. The molecule has 0 aromatic heterocycles. The molecule has 0 atom stereocenters. The van der Waals surface area contributed by atoms with Gasteiger partial charge in [-0.25, -0.2) is 0 Å². The number of rotatable bonds is 3. The van der Waals surface area contributed by atoms with Crippen molar-refractivity contribution in [3.8, 4) is 0 Å². The average molecular weight is 143 g/mol. The highest BCUT2D eigenvalue weighted by Gasteiger charge is 2.18. The molecule has 0 N–H and O–H groups in total. The lowest BCUT2D eigenvalue weighted by molar-refractivity contribution is -0.151. The molecule has 59 valence electrons. The summed E-state index contributed by atoms with van der Waals surface area (Å²) in [5.74, 6) is -0.446. The van der Waals surface area contributed by atoms with Gasteiger partial charge in [0.15, 0.2) is 0 Å². The second kappa shape index (κ2) is 3.59. The second-order valence-corrected chi connectivity index (χ2v) is 2.98. The minimum atomic E-state index is -0.446. The lowest BCUT2D eigenvalue weighted by Crippen LogP contribution is -2.26. The fraction of sp³-hybridized carbons (Fsp3) is 0.750. The van der Waals surface area contributed by atoms with Crippen LogP contribution in [0.3, 0.4) is 0 Å². The fourth-order valence-electron chi connectivity index (χ4n) is 0.961. The zero-order chi connectivity index (χ0) is 8.20. The molecule has 0 aliphatic rings. The van der Waals surface area contributed by atoms with E-state index in [1.165, 1.54) is 0 Å². The molecule has 0 heterocycles. The number of hydrogen-bond acceptors (Lipinski definition) is 2. The molecule has 0 amide bonds. The molecular formula is C8H15O2. The van der Waals surface area contributed by atoms with E-state index in [-0.39, 0.29) is 5.60 Å². The summed E-state index contributed by atoms with van der Waals surface area (Å²) in [6.45, 7) is 8.98. The topological polar surface area (TPSA) is 26.3 Å². The van der Waals surface area contributed by atoms with Gasteiger partial charge in [0, 0.05) is 0 Å². The lowest BCUT2D eigenvalue weighted by Gasteiger charge is -2.23. The Balaban J connectivity index is 3.74. The monoisotopic (exact) mass is 143 g/mol. The van der Waals surface area contributed by atoms with Crippen molar-refractivity contribution in [3.63, 3.8) is 0 Å². The Morgan fingerprint density at radius 3 is 2.40 bits per heavy atom. The summed E-state index contributed by atoms with van der Waals surface area (Å²) in [6, 6.07) is 0. The predicted octanol–water partition coefficient (Wildman–Crippen LogP) is 1.94. The van der Waals surface area contributed by atoms with Crippen molar-refractivity contribution in [2.75, 3.05) is 0 Å². The van der Waals surface area contributed by atoms with E-state index in [0.29, 0.717) is 0 Å². The molecule has 0 aliphatic carbocycles. The molecule has 2 nitrogen and oxygen atoms in total. The summed E-state index contributed by atoms with van der Waals surface area (Å²) in [7, 11) is 0. The molecule has 0 saturated heterocycles. The van der Waals surface area contributed by atoms with Gasteiger partial charge < -0.3 is 4.74 Å². The van der Waals surface area contributed by atoms with E-state index in [4.69, 9.17) is 4.74 Å². The van der Waals surface area contributed by atoms with Crippen molar-refractivity contribution in [3.05, 3.63) is 6.92 Å². The average Bonchev–Trinajstić information content (AvgIpc) is 1.59. The van der Waals surface area contributed by atoms with Gasteiger partial charge in [-0.05, 0) is 20.3 Å². The van der Waals surface area contributed by atoms with Gasteiger partial charge in [-0.15, -0.1) is 0 Å². The molecule has 0 rings (SSSR count). The molecule has 1 radical (unpaired) electrons. The largest absolute Gasteiger partial charge is 0.460 e. The Labute approximate surface area is 62.6 Å². The van der Waals surface area contributed by atoms with Crippen LogP contribution in [0.15, 0.2) is 0 Å². The molecule has 0 unspecified atom stereocenters. The summed E-state index contributed by atoms with van der Waals surface area (Å²) in [5.41, 5.74) is -0.340. The molecule has 0 aliphatic heterocycles. The van der Waals surface area contributed by atoms with Crippen LogP contribution in [0.2, 0.25) is 0 Å². The van der Waals surface area contributed by atoms with Crippen LogP contribution in [0.4, 0.5) is 0 Å². The summed E-state index contributed by atoms with van der Waals surface area (Å²) in [4.78, 5) is 10.4. The van der Waals surface area contributed by atoms with E-state index in [1.807, 2.05) is 13.8 Å². The molecular weight excluding hydrogens is 128 g/mol. The maximum absolute atomic E-state index is 10.4. The number of ether oxygens (including phenoxy) is 1. The quantitative estimate of drug-likeness (QED) is 0.564. The smallest absolute Gasteiger partial charge is 0.306 e. The molecule has 0 fully saturated rings. The van der Waals surface area contributed by atoms with Crippen LogP contribution in [0.5, 0.6) is 0 Å². The molecule has 0 spiro atoms. The van der Waals surface area contributed by atoms with Gasteiger partial charge in [-0.1, -0.05) is 13.3 Å². The van der Waals surface area contributed by atoms with Crippen molar-refractivity contribution in [2.45, 2.75) is 39.2 Å². The first-order chi connectivity index (χ1) is 4.48. The van der Waals surface area contributed by atoms with Crippen LogP contribution in [0, 0.1) is 6.92 Å². The minimum Gasteiger partial charge on any atom is -0.460 e. The summed E-state index contributed by atoms with van der Waals surface area (Å²) < 4.78 is 4.93. The molecule has 2 heteroatoms. The van der Waals surface area contributed by atoms with Gasteiger partial charge >= 0.3 is 5.97 Å². The van der Waals surface area contributed by atoms with E-state index in [1.54, 1.807) is 0 Å². The second-order valence-electron chi connectivity index (χ2n) is 2.98. The Kier molecular flexibility index (Phi) is 3.40. The van der Waals surface area contributed by atoms with Crippen LogP contribution in [-0.4, -0.2) is 11.6 Å². The lowest BCUT2D eigenvalue weighted by atomic mass is 10.0. The third-order valence-electron chi connectivity index (χ3n) is 1.24. The van der Waals surface area contributed by atoms with Crippen LogP contribution in [0.25, 0.3) is 0 Å². The van der Waals surface area contributed by atoms with Gasteiger partial charge in [0.05, 0.1) is 6.92 Å². The van der Waals surface area contributed by atoms with E-state index in [0.717, 1.165) is 12.8 Å². The predicted molar refractivity (Wildman–Crippen MR) is 40.4 cm³/mol. The molecule has 0 saturated carbocycles. The summed E-state index contributed by atoms with van der Waals surface area (Å²) in [6.07, 6.45) is 1.90. The normalized spacial score (nSPS) is 11.2. The Bertz CT molecular complexity index is 116. The van der Waals surface area contributed by atoms with Crippen LogP contribution in [0.1, 0.15) is 33.6 Å². The van der Waals surface area contributed by atoms with Gasteiger partial charge in [0.25, 0.3) is 0 Å². The molecule has 0 bridgehead atoms. The standard InChI is InChI=1S/C8H15O2/c1-5-6-8(3,4)10-7(2)9/h2,5-6H2,1,3-4H3. The van der Waals surface area contributed by atoms with Gasteiger partial charge in [0.2, 0.25) is 0 Å². The highest BCUT2D eigenvalue weighted by molar-refractivity contribution is 5.74. The molecule has 10 heavy (non-hydrogen) atoms. The van der Waals surface area contributed by atoms with Gasteiger partial charge in [-0.2, -0.15) is 0 Å². The Morgan fingerprint density at radius 2 is 2.10 bits per heavy atom. The number of hydrogen-bond donors (Lipinski definition) is 0. The third-order valence-corrected chi connectivity index (χ3v) is 1.24. The number of carbonyl (C=O) groups is 1. The van der Waals surface area contributed by atoms with Crippen LogP contribution >= 0.6 is 0 Å².